The maximum Gasteiger partial charge on any atom is 0.191 e. The van der Waals surface area contributed by atoms with Gasteiger partial charge in [0.15, 0.2) is 5.96 Å². The van der Waals surface area contributed by atoms with Crippen LogP contribution in [0.2, 0.25) is 0 Å². The Morgan fingerprint density at radius 1 is 1.18 bits per heavy atom. The van der Waals surface area contributed by atoms with Crippen LogP contribution in [-0.4, -0.2) is 38.3 Å². The van der Waals surface area contributed by atoms with Crippen LogP contribution in [-0.2, 0) is 4.74 Å². The lowest BCUT2D eigenvalue weighted by atomic mass is 10.3. The zero-order valence-electron chi connectivity index (χ0n) is 11.3. The van der Waals surface area contributed by atoms with Gasteiger partial charge in [0.2, 0.25) is 0 Å². The van der Waals surface area contributed by atoms with E-state index in [4.69, 9.17) is 4.74 Å². The minimum Gasteiger partial charge on any atom is -0.378 e. The van der Waals surface area contributed by atoms with E-state index in [-0.39, 0.29) is 0 Å². The molecule has 0 atom stereocenters. The number of nitrogens with one attached hydrogen (secondary N) is 2. The third-order valence-electron chi connectivity index (χ3n) is 2.92. The molecule has 0 aliphatic heterocycles. The van der Waals surface area contributed by atoms with Crippen LogP contribution in [0, 0.1) is 0 Å². The summed E-state index contributed by atoms with van der Waals surface area (Å²) in [4.78, 5) is 4.48. The molecule has 0 saturated heterocycles. The number of hydrogen-bond donors (Lipinski definition) is 2. The lowest BCUT2D eigenvalue weighted by Gasteiger charge is -2.11. The summed E-state index contributed by atoms with van der Waals surface area (Å²) in [6.07, 6.45) is 6.73. The Bertz CT molecular complexity index is 205. The van der Waals surface area contributed by atoms with Gasteiger partial charge >= 0.3 is 0 Å². The van der Waals surface area contributed by atoms with E-state index in [1.54, 1.807) is 0 Å². The summed E-state index contributed by atoms with van der Waals surface area (Å²) < 4.78 is 5.79. The summed E-state index contributed by atoms with van der Waals surface area (Å²) in [5.74, 6) is 0.913. The molecule has 1 fully saturated rings. The smallest absolute Gasteiger partial charge is 0.191 e. The van der Waals surface area contributed by atoms with Crippen molar-refractivity contribution in [2.75, 3.05) is 26.2 Å². The van der Waals surface area contributed by atoms with E-state index < -0.39 is 0 Å². The van der Waals surface area contributed by atoms with Crippen LogP contribution in [0.1, 0.15) is 46.0 Å². The predicted molar refractivity (Wildman–Crippen MR) is 72.5 cm³/mol. The first kappa shape index (κ1) is 14.3. The van der Waals surface area contributed by atoms with Gasteiger partial charge < -0.3 is 15.4 Å². The van der Waals surface area contributed by atoms with Gasteiger partial charge in [0.25, 0.3) is 0 Å². The molecule has 1 saturated carbocycles. The van der Waals surface area contributed by atoms with Crippen molar-refractivity contribution in [1.29, 1.82) is 0 Å². The van der Waals surface area contributed by atoms with E-state index >= 15 is 0 Å². The monoisotopic (exact) mass is 241 g/mol. The van der Waals surface area contributed by atoms with Crippen LogP contribution in [0.3, 0.4) is 0 Å². The molecule has 0 radical (unpaired) electrons. The van der Waals surface area contributed by atoms with E-state index in [1.807, 2.05) is 0 Å². The van der Waals surface area contributed by atoms with Crippen molar-refractivity contribution in [2.24, 2.45) is 4.99 Å². The Balaban J connectivity index is 2.05. The molecule has 1 aliphatic carbocycles. The number of hydrogen-bond acceptors (Lipinski definition) is 2. The second-order valence-corrected chi connectivity index (χ2v) is 4.42. The fourth-order valence-corrected chi connectivity index (χ4v) is 2.07. The molecule has 0 bridgehead atoms. The van der Waals surface area contributed by atoms with Gasteiger partial charge in [0.1, 0.15) is 0 Å². The molecule has 0 unspecified atom stereocenters. The van der Waals surface area contributed by atoms with Gasteiger partial charge in [-0.25, -0.2) is 0 Å². The summed E-state index contributed by atoms with van der Waals surface area (Å²) >= 11 is 0. The summed E-state index contributed by atoms with van der Waals surface area (Å²) in [6, 6.07) is 0. The van der Waals surface area contributed by atoms with E-state index in [0.717, 1.165) is 38.6 Å². The maximum atomic E-state index is 5.79. The van der Waals surface area contributed by atoms with Crippen molar-refractivity contribution >= 4 is 5.96 Å². The first-order valence-corrected chi connectivity index (χ1v) is 7.00. The van der Waals surface area contributed by atoms with Crippen molar-refractivity contribution in [3.63, 3.8) is 0 Å². The van der Waals surface area contributed by atoms with Crippen molar-refractivity contribution in [1.82, 2.24) is 10.6 Å². The van der Waals surface area contributed by atoms with E-state index in [1.165, 1.54) is 25.7 Å². The zero-order chi connectivity index (χ0) is 12.3. The summed E-state index contributed by atoms with van der Waals surface area (Å²) in [7, 11) is 0. The molecule has 0 aromatic rings. The van der Waals surface area contributed by atoms with Gasteiger partial charge in [-0.1, -0.05) is 12.8 Å². The van der Waals surface area contributed by atoms with Gasteiger partial charge in [0, 0.05) is 26.2 Å². The molecular weight excluding hydrogens is 214 g/mol. The second kappa shape index (κ2) is 9.28. The van der Waals surface area contributed by atoms with Crippen molar-refractivity contribution in [2.45, 2.75) is 52.1 Å². The van der Waals surface area contributed by atoms with Crippen LogP contribution in [0.4, 0.5) is 0 Å². The molecule has 2 N–H and O–H groups in total. The Kier molecular flexibility index (Phi) is 7.80. The summed E-state index contributed by atoms with van der Waals surface area (Å²) in [6.45, 7) is 7.66. The highest BCUT2D eigenvalue weighted by atomic mass is 16.5. The zero-order valence-corrected chi connectivity index (χ0v) is 11.3. The van der Waals surface area contributed by atoms with Crippen LogP contribution >= 0.6 is 0 Å². The third kappa shape index (κ3) is 6.51. The molecular formula is C13H27N3O. The highest BCUT2D eigenvalue weighted by Gasteiger charge is 2.14. The fraction of sp³-hybridized carbons (Fsp3) is 0.923. The molecule has 100 valence electrons. The molecule has 0 aromatic heterocycles. The normalized spacial score (nSPS) is 15.9. The van der Waals surface area contributed by atoms with Crippen LogP contribution in [0.15, 0.2) is 4.99 Å². The number of aliphatic imine (C=N–C) groups is 1. The summed E-state index contributed by atoms with van der Waals surface area (Å²) in [5, 5.41) is 6.43. The average Bonchev–Trinajstić information content (AvgIpc) is 2.82. The average molecular weight is 241 g/mol. The van der Waals surface area contributed by atoms with Gasteiger partial charge in [-0.3, -0.25) is 4.99 Å². The maximum absolute atomic E-state index is 5.79. The first-order valence-electron chi connectivity index (χ1n) is 7.00. The topological polar surface area (TPSA) is 45.7 Å². The SMILES string of the molecule is CCNC(=NCCCOC1CCCC1)NCC. The largest absolute Gasteiger partial charge is 0.378 e. The van der Waals surface area contributed by atoms with E-state index in [9.17, 15) is 0 Å². The predicted octanol–water partition coefficient (Wildman–Crippen LogP) is 1.91. The molecule has 4 nitrogen and oxygen atoms in total. The van der Waals surface area contributed by atoms with Crippen molar-refractivity contribution < 1.29 is 4.74 Å². The van der Waals surface area contributed by atoms with Crippen molar-refractivity contribution in [3.8, 4) is 0 Å². The number of ether oxygens (including phenoxy) is 1. The van der Waals surface area contributed by atoms with Crippen molar-refractivity contribution in [3.05, 3.63) is 0 Å². The third-order valence-corrected chi connectivity index (χ3v) is 2.92. The van der Waals surface area contributed by atoms with Crippen LogP contribution in [0.5, 0.6) is 0 Å². The number of guanidine groups is 1. The highest BCUT2D eigenvalue weighted by Crippen LogP contribution is 2.20. The number of nitrogens with zero attached hydrogens (tertiary/aromatic N) is 1. The van der Waals surface area contributed by atoms with E-state index in [0.29, 0.717) is 6.10 Å². The van der Waals surface area contributed by atoms with Crippen LogP contribution in [0.25, 0.3) is 0 Å². The second-order valence-electron chi connectivity index (χ2n) is 4.42. The quantitative estimate of drug-likeness (QED) is 0.406. The molecule has 17 heavy (non-hydrogen) atoms. The minimum atomic E-state index is 0.529. The molecule has 0 spiro atoms. The Hall–Kier alpha value is -0.770. The molecule has 1 rings (SSSR count). The minimum absolute atomic E-state index is 0.529. The van der Waals surface area contributed by atoms with Gasteiger partial charge in [-0.05, 0) is 33.1 Å². The first-order chi connectivity index (χ1) is 8.36. The Labute approximate surface area is 105 Å². The van der Waals surface area contributed by atoms with Crippen LogP contribution < -0.4 is 10.6 Å². The van der Waals surface area contributed by atoms with Gasteiger partial charge in [-0.15, -0.1) is 0 Å². The lowest BCUT2D eigenvalue weighted by Crippen LogP contribution is -2.37. The molecule has 0 amide bonds. The lowest BCUT2D eigenvalue weighted by molar-refractivity contribution is 0.0579. The van der Waals surface area contributed by atoms with Gasteiger partial charge in [-0.2, -0.15) is 0 Å². The molecule has 0 aromatic carbocycles. The summed E-state index contributed by atoms with van der Waals surface area (Å²) in [5.41, 5.74) is 0. The van der Waals surface area contributed by atoms with Gasteiger partial charge in [0.05, 0.1) is 6.10 Å². The Morgan fingerprint density at radius 3 is 2.41 bits per heavy atom. The molecule has 0 heterocycles. The standard InChI is InChI=1S/C13H27N3O/c1-3-14-13(15-4-2)16-10-7-11-17-12-8-5-6-9-12/h12H,3-11H2,1-2H3,(H2,14,15,16). The highest BCUT2D eigenvalue weighted by molar-refractivity contribution is 5.79. The molecule has 4 heteroatoms. The Morgan fingerprint density at radius 2 is 1.82 bits per heavy atom. The molecule has 1 aliphatic rings. The fourth-order valence-electron chi connectivity index (χ4n) is 2.07. The van der Waals surface area contributed by atoms with E-state index in [2.05, 4.69) is 29.5 Å². The number of rotatable bonds is 7.